The summed E-state index contributed by atoms with van der Waals surface area (Å²) in [5.74, 6) is 0.0775. The number of carbonyl (C=O) groups is 2. The van der Waals surface area contributed by atoms with Gasteiger partial charge in [0.05, 0.1) is 30.4 Å². The summed E-state index contributed by atoms with van der Waals surface area (Å²) in [7, 11) is 1.25. The van der Waals surface area contributed by atoms with E-state index in [0.717, 1.165) is 11.8 Å². The Balaban J connectivity index is 1.86. The van der Waals surface area contributed by atoms with E-state index in [4.69, 9.17) is 4.74 Å². The number of rotatable bonds is 8. The minimum Gasteiger partial charge on any atom is -0.494 e. The van der Waals surface area contributed by atoms with Gasteiger partial charge in [0, 0.05) is 5.56 Å². The molecule has 0 aliphatic heterocycles. The largest absolute Gasteiger partial charge is 0.494 e. The predicted molar refractivity (Wildman–Crippen MR) is 111 cm³/mol. The maximum absolute atomic E-state index is 12.8. The zero-order chi connectivity index (χ0) is 20.8. The summed E-state index contributed by atoms with van der Waals surface area (Å²) in [6.07, 6.45) is 0. The minimum atomic E-state index is -0.566. The van der Waals surface area contributed by atoms with Gasteiger partial charge in [-0.1, -0.05) is 23.9 Å². The Morgan fingerprint density at radius 2 is 1.83 bits per heavy atom. The molecule has 0 saturated heterocycles. The van der Waals surface area contributed by atoms with Crippen molar-refractivity contribution in [2.45, 2.75) is 18.6 Å². The number of methoxy groups -OCH3 is 1. The van der Waals surface area contributed by atoms with Crippen LogP contribution in [0.15, 0.2) is 58.5 Å². The molecule has 3 rings (SSSR count). The normalized spacial score (nSPS) is 10.7. The molecule has 7 nitrogen and oxygen atoms in total. The van der Waals surface area contributed by atoms with Gasteiger partial charge >= 0.3 is 5.97 Å². The van der Waals surface area contributed by atoms with Crippen LogP contribution in [0, 0.1) is 0 Å². The fourth-order valence-electron chi connectivity index (χ4n) is 2.71. The summed E-state index contributed by atoms with van der Waals surface area (Å²) in [4.78, 5) is 41.6. The Morgan fingerprint density at radius 3 is 2.52 bits per heavy atom. The van der Waals surface area contributed by atoms with Crippen molar-refractivity contribution in [1.82, 2.24) is 9.55 Å². The van der Waals surface area contributed by atoms with E-state index in [9.17, 15) is 14.4 Å². The molecule has 0 radical (unpaired) electrons. The lowest BCUT2D eigenvalue weighted by Crippen LogP contribution is -2.27. The van der Waals surface area contributed by atoms with Crippen LogP contribution in [0.3, 0.4) is 0 Å². The topological polar surface area (TPSA) is 87.5 Å². The van der Waals surface area contributed by atoms with Gasteiger partial charge in [-0.3, -0.25) is 19.0 Å². The van der Waals surface area contributed by atoms with Crippen LogP contribution in [0.25, 0.3) is 10.9 Å². The van der Waals surface area contributed by atoms with Crippen LogP contribution in [-0.2, 0) is 16.1 Å². The number of esters is 1. The maximum atomic E-state index is 12.8. The molecule has 0 N–H and O–H groups in total. The molecular weight excluding hydrogens is 392 g/mol. The van der Waals surface area contributed by atoms with Crippen molar-refractivity contribution in [3.8, 4) is 5.75 Å². The highest BCUT2D eigenvalue weighted by Gasteiger charge is 2.16. The molecule has 0 bridgehead atoms. The number of ether oxygens (including phenoxy) is 2. The van der Waals surface area contributed by atoms with Gasteiger partial charge in [-0.2, -0.15) is 0 Å². The first-order valence-corrected chi connectivity index (χ1v) is 9.97. The van der Waals surface area contributed by atoms with E-state index >= 15 is 0 Å². The van der Waals surface area contributed by atoms with E-state index in [2.05, 4.69) is 9.72 Å². The Hall–Kier alpha value is -3.13. The number of hydrogen-bond donors (Lipinski definition) is 0. The number of ketones is 1. The molecule has 0 unspecified atom stereocenters. The number of Topliss-reactive ketones (excluding diaryl/α,β-unsaturated/α-hetero) is 1. The summed E-state index contributed by atoms with van der Waals surface area (Å²) < 4.78 is 11.3. The van der Waals surface area contributed by atoms with Crippen molar-refractivity contribution >= 4 is 34.4 Å². The summed E-state index contributed by atoms with van der Waals surface area (Å²) in [5.41, 5.74) is 0.690. The quantitative estimate of drug-likeness (QED) is 0.243. The summed E-state index contributed by atoms with van der Waals surface area (Å²) in [6, 6.07) is 13.8. The SMILES string of the molecule is CCOc1ccc(C(=O)CSc2nc3ccccc3c(=O)n2CC(=O)OC)cc1. The number of para-hydroxylation sites is 1. The fourth-order valence-corrected chi connectivity index (χ4v) is 3.60. The molecule has 0 aliphatic carbocycles. The lowest BCUT2D eigenvalue weighted by atomic mass is 10.1. The lowest BCUT2D eigenvalue weighted by molar-refractivity contribution is -0.141. The van der Waals surface area contributed by atoms with E-state index in [1.165, 1.54) is 11.7 Å². The van der Waals surface area contributed by atoms with Crippen LogP contribution in [-0.4, -0.2) is 40.8 Å². The van der Waals surface area contributed by atoms with Crippen LogP contribution in [0.1, 0.15) is 17.3 Å². The number of nitrogens with zero attached hydrogens (tertiary/aromatic N) is 2. The van der Waals surface area contributed by atoms with Crippen LogP contribution in [0.2, 0.25) is 0 Å². The Bertz CT molecular complexity index is 1090. The van der Waals surface area contributed by atoms with Gasteiger partial charge in [0.15, 0.2) is 10.9 Å². The average molecular weight is 412 g/mol. The smallest absolute Gasteiger partial charge is 0.325 e. The van der Waals surface area contributed by atoms with Crippen LogP contribution >= 0.6 is 11.8 Å². The van der Waals surface area contributed by atoms with Crippen LogP contribution < -0.4 is 10.3 Å². The zero-order valence-corrected chi connectivity index (χ0v) is 16.9. The molecular formula is C21H20N2O5S. The predicted octanol–water partition coefficient (Wildman–Crippen LogP) is 2.94. The molecule has 8 heteroatoms. The van der Waals surface area contributed by atoms with Crippen molar-refractivity contribution in [3.05, 3.63) is 64.4 Å². The number of hydrogen-bond acceptors (Lipinski definition) is 7. The van der Waals surface area contributed by atoms with Crippen molar-refractivity contribution in [3.63, 3.8) is 0 Å². The number of thioether (sulfide) groups is 1. The molecule has 0 amide bonds. The van der Waals surface area contributed by atoms with Crippen molar-refractivity contribution in [1.29, 1.82) is 0 Å². The molecule has 0 spiro atoms. The lowest BCUT2D eigenvalue weighted by Gasteiger charge is -2.12. The van der Waals surface area contributed by atoms with Gasteiger partial charge in [-0.25, -0.2) is 4.98 Å². The monoisotopic (exact) mass is 412 g/mol. The van der Waals surface area contributed by atoms with E-state index in [-0.39, 0.29) is 23.6 Å². The third-order valence-corrected chi connectivity index (χ3v) is 5.14. The van der Waals surface area contributed by atoms with Crippen molar-refractivity contribution < 1.29 is 19.1 Å². The molecule has 150 valence electrons. The highest BCUT2D eigenvalue weighted by Crippen LogP contribution is 2.20. The van der Waals surface area contributed by atoms with E-state index < -0.39 is 5.97 Å². The first kappa shape index (κ1) is 20.6. The molecule has 0 aliphatic rings. The van der Waals surface area contributed by atoms with Gasteiger partial charge in [0.1, 0.15) is 12.3 Å². The second kappa shape index (κ2) is 9.38. The summed E-state index contributed by atoms with van der Waals surface area (Å²) >= 11 is 1.11. The van der Waals surface area contributed by atoms with Crippen LogP contribution in [0.5, 0.6) is 5.75 Å². The molecule has 29 heavy (non-hydrogen) atoms. The molecule has 1 aromatic heterocycles. The number of aromatic nitrogens is 2. The molecule has 3 aromatic rings. The Morgan fingerprint density at radius 1 is 1.10 bits per heavy atom. The third-order valence-electron chi connectivity index (χ3n) is 4.16. The molecule has 0 saturated carbocycles. The van der Waals surface area contributed by atoms with Gasteiger partial charge in [0.25, 0.3) is 5.56 Å². The zero-order valence-electron chi connectivity index (χ0n) is 16.1. The van der Waals surface area contributed by atoms with Gasteiger partial charge in [-0.15, -0.1) is 0 Å². The van der Waals surface area contributed by atoms with Gasteiger partial charge in [0.2, 0.25) is 0 Å². The van der Waals surface area contributed by atoms with Crippen molar-refractivity contribution in [2.24, 2.45) is 0 Å². The molecule has 0 atom stereocenters. The first-order valence-electron chi connectivity index (χ1n) is 8.98. The Kier molecular flexibility index (Phi) is 6.66. The first-order chi connectivity index (χ1) is 14.0. The number of fused-ring (bicyclic) bond motifs is 1. The number of benzene rings is 2. The average Bonchev–Trinajstić information content (AvgIpc) is 2.75. The van der Waals surface area contributed by atoms with Crippen LogP contribution in [0.4, 0.5) is 0 Å². The fraction of sp³-hybridized carbons (Fsp3) is 0.238. The van der Waals surface area contributed by atoms with Crippen molar-refractivity contribution in [2.75, 3.05) is 19.5 Å². The molecule has 1 heterocycles. The summed E-state index contributed by atoms with van der Waals surface area (Å²) in [5, 5.41) is 0.692. The molecule has 0 fully saturated rings. The molecule has 2 aromatic carbocycles. The minimum absolute atomic E-state index is 0.0694. The summed E-state index contributed by atoms with van der Waals surface area (Å²) in [6.45, 7) is 2.17. The Labute approximate surface area is 171 Å². The standard InChI is InChI=1S/C21H20N2O5S/c1-3-28-15-10-8-14(9-11-15)18(24)13-29-21-22-17-7-5-4-6-16(17)20(26)23(21)12-19(25)27-2/h4-11H,3,12-13H2,1-2H3. The second-order valence-corrected chi connectivity index (χ2v) is 6.99. The van der Waals surface area contributed by atoms with Gasteiger partial charge in [-0.05, 0) is 43.3 Å². The highest BCUT2D eigenvalue weighted by molar-refractivity contribution is 7.99. The van der Waals surface area contributed by atoms with E-state index in [0.29, 0.717) is 34.0 Å². The third kappa shape index (κ3) is 4.83. The van der Waals surface area contributed by atoms with Gasteiger partial charge < -0.3 is 9.47 Å². The maximum Gasteiger partial charge on any atom is 0.325 e. The second-order valence-electron chi connectivity index (χ2n) is 6.05. The van der Waals surface area contributed by atoms with E-state index in [1.807, 2.05) is 6.92 Å². The highest BCUT2D eigenvalue weighted by atomic mass is 32.2. The number of carbonyl (C=O) groups excluding carboxylic acids is 2. The van der Waals surface area contributed by atoms with E-state index in [1.54, 1.807) is 48.5 Å².